The van der Waals surface area contributed by atoms with Crippen LogP contribution in [0, 0.1) is 0 Å². The third kappa shape index (κ3) is 29.0. The van der Waals surface area contributed by atoms with Crippen molar-refractivity contribution < 1.29 is 92.4 Å². The zero-order chi connectivity index (χ0) is 70.5. The molecule has 4 fully saturated rings. The summed E-state index contributed by atoms with van der Waals surface area (Å²) in [5.41, 5.74) is -17.0. The highest BCUT2D eigenvalue weighted by Crippen LogP contribution is 2.43. The number of carbonyl (C=O) groups is 1. The van der Waals surface area contributed by atoms with E-state index in [0.717, 1.165) is 127 Å². The zero-order valence-electron chi connectivity index (χ0n) is 53.4. The molecule has 2 N–H and O–H groups in total. The van der Waals surface area contributed by atoms with E-state index in [-0.39, 0.29) is 34.6 Å². The lowest BCUT2D eigenvalue weighted by atomic mass is 9.49. The fourth-order valence-electron chi connectivity index (χ4n) is 7.82. The van der Waals surface area contributed by atoms with Gasteiger partial charge in [-0.1, -0.05) is 85.4 Å². The van der Waals surface area contributed by atoms with Gasteiger partial charge < -0.3 is 33.4 Å². The summed E-state index contributed by atoms with van der Waals surface area (Å²) in [6, 6.07) is 3.85. The quantitative estimate of drug-likeness (QED) is 0.0684. The van der Waals surface area contributed by atoms with Gasteiger partial charge in [0, 0.05) is 78.2 Å². The first-order valence-corrected chi connectivity index (χ1v) is 35.4. The van der Waals surface area contributed by atoms with Crippen molar-refractivity contribution in [3.05, 3.63) is 76.9 Å². The molecule has 0 aliphatic carbocycles. The maximum Gasteiger partial charge on any atom is 0.534 e. The largest absolute Gasteiger partial charge is 0.534 e. The second kappa shape index (κ2) is 37.5. The minimum absolute atomic E-state index is 0.138. The molecule has 0 amide bonds. The third-order valence-corrected chi connectivity index (χ3v) is 21.6. The molecular formula is C52H87B5F9N7O12P4S3. The van der Waals surface area contributed by atoms with Crippen LogP contribution in [0.1, 0.15) is 114 Å². The second-order valence-electron chi connectivity index (χ2n) is 23.8. The maximum atomic E-state index is 12.4. The Labute approximate surface area is 553 Å². The molecule has 6 radical (unpaired) electrons. The van der Waals surface area contributed by atoms with Gasteiger partial charge in [0.1, 0.15) is 27.2 Å². The van der Waals surface area contributed by atoms with E-state index in [4.69, 9.17) is 42.2 Å². The van der Waals surface area contributed by atoms with Gasteiger partial charge in [0.05, 0.1) is 35.9 Å². The van der Waals surface area contributed by atoms with E-state index in [0.29, 0.717) is 36.8 Å². The summed E-state index contributed by atoms with van der Waals surface area (Å²) in [6.07, 6.45) is 14.8. The van der Waals surface area contributed by atoms with Crippen molar-refractivity contribution in [2.45, 2.75) is 158 Å². The second-order valence-corrected chi connectivity index (χ2v) is 32.0. The van der Waals surface area contributed by atoms with Crippen molar-refractivity contribution in [2.24, 2.45) is 0 Å². The number of rotatable bonds is 6. The van der Waals surface area contributed by atoms with E-state index in [9.17, 15) is 69.6 Å². The molecule has 19 nitrogen and oxygen atoms in total. The molecule has 0 bridgehead atoms. The monoisotopic (exact) mass is 1450 g/mol. The molecule has 1 aromatic carbocycles. The summed E-state index contributed by atoms with van der Waals surface area (Å²) in [7, 11) is 6.83. The average molecular weight is 1450 g/mol. The van der Waals surface area contributed by atoms with Crippen molar-refractivity contribution in [3.63, 3.8) is 0 Å². The number of Topliss-reactive ketones (excluding diaryl/α,β-unsaturated/α-hetero) is 1. The Kier molecular flexibility index (Phi) is 35.2. The van der Waals surface area contributed by atoms with Gasteiger partial charge in [0.15, 0.2) is 0 Å². The first-order valence-electron chi connectivity index (χ1n) is 29.1. The van der Waals surface area contributed by atoms with Crippen LogP contribution in [0.2, 0.25) is 5.82 Å². The third-order valence-electron chi connectivity index (χ3n) is 15.0. The van der Waals surface area contributed by atoms with Crippen LogP contribution in [0.4, 0.5) is 45.2 Å². The Bertz CT molecular complexity index is 2820. The van der Waals surface area contributed by atoms with Gasteiger partial charge in [0.25, 0.3) is 0 Å². The summed E-state index contributed by atoms with van der Waals surface area (Å²) < 4.78 is 211. The van der Waals surface area contributed by atoms with Crippen LogP contribution in [-0.2, 0) is 57.8 Å². The summed E-state index contributed by atoms with van der Waals surface area (Å²) in [5, 5.41) is 6.39. The summed E-state index contributed by atoms with van der Waals surface area (Å²) in [4.78, 5) is 10.6. The number of hydrogen-bond acceptors (Lipinski definition) is 18. The molecule has 4 saturated heterocycles. The van der Waals surface area contributed by atoms with Gasteiger partial charge >= 0.3 is 60.7 Å². The number of carbonyl (C=O) groups excluding carboxylic acids is 1. The van der Waals surface area contributed by atoms with Gasteiger partial charge in [-0.05, 0) is 132 Å². The minimum Gasteiger partial charge on any atom is -0.405 e. The SMILES string of the molecule is CC1(C)OB(B2OC(C)(C)C(C)(C)O2)OC1(C)C.CC1=CCN(P)CC1.O=C1CCN(P)CC1.O=S(=O)(N(c1ccccc1)S(=O)(=O)C(F)(F)F)C(F)(F)F.O=S(=O)(OC1=CCN(P)CC1)C(F)(F)F.[B]C1=CCN(P)CC1.[B]C1=CCNCC1.[B]C1CCNCC1. The van der Waals surface area contributed by atoms with Crippen LogP contribution in [-0.4, -0.2) is 205 Å². The Morgan fingerprint density at radius 2 is 0.957 bits per heavy atom. The highest BCUT2D eigenvalue weighted by atomic mass is 32.3. The Hall–Kier alpha value is -1.69. The topological polar surface area (TPSA) is 206 Å². The number of piperidine rings is 2. The van der Waals surface area contributed by atoms with E-state index in [1.807, 2.05) is 61.5 Å². The Balaban J connectivity index is 0.000000371. The highest BCUT2D eigenvalue weighted by molar-refractivity contribution is 8.11. The average Bonchev–Trinajstić information content (AvgIpc) is 1.24. The van der Waals surface area contributed by atoms with Crippen molar-refractivity contribution >= 4 is 117 Å². The minimum atomic E-state index is -6.81. The van der Waals surface area contributed by atoms with Crippen LogP contribution in [0.15, 0.2) is 76.9 Å². The normalized spacial score (nSPS) is 22.3. The van der Waals surface area contributed by atoms with Gasteiger partial charge in [-0.25, -0.2) is 0 Å². The maximum absolute atomic E-state index is 12.4. The first-order chi connectivity index (χ1) is 42.0. The molecule has 4 unspecified atom stereocenters. The molecule has 0 spiro atoms. The predicted octanol–water partition coefficient (Wildman–Crippen LogP) is 8.44. The molecule has 8 aliphatic rings. The fraction of sp³-hybridized carbons (Fsp3) is 0.712. The molecule has 4 atom stereocenters. The van der Waals surface area contributed by atoms with E-state index >= 15 is 0 Å². The standard InChI is InChI=1S/C12H24B2O4.C8H5F6NO4S2.C6H9F3NO3PS.C6H12NP.C5H9BNP.C5H10BN.C5H8BN.C5H10NOP/c1-9(2)10(3,4)16-13(15-9)14-17-11(5,6)12(7,8)18-14;9-7(10,11)20(16,17)15(6-4-2-1-3-5-6)21(18,19)8(12,13)14;7-6(8,9)15(11,12)13-5-1-3-10(14)4-2-5;1-6-2-4-7(8)5-3-6;6-5-1-3-7(8)4-2-5;2*6-5-1-3-7-4-2-5;7-5-1-3-6(8)4-2-5/h1-8H3;1-5H;1H,2-4,14H2;2H,3-5,8H2,1H3;1H,2-4,8H2;5,7H,1-4H2;1,7H,2-4H2;1-4,8H2. The molecular weight excluding hydrogens is 1360 g/mol. The molecule has 518 valence electrons. The van der Waals surface area contributed by atoms with Gasteiger partial charge in [-0.2, -0.15) is 64.8 Å². The molecule has 0 saturated carbocycles. The van der Waals surface area contributed by atoms with E-state index in [1.165, 1.54) is 24.6 Å². The van der Waals surface area contributed by atoms with E-state index in [1.54, 1.807) is 4.67 Å². The molecule has 8 heterocycles. The number of benzene rings is 1. The van der Waals surface area contributed by atoms with Gasteiger partial charge in [-0.15, -0.1) is 14.7 Å². The summed E-state index contributed by atoms with van der Waals surface area (Å²) in [6.45, 7) is 29.6. The van der Waals surface area contributed by atoms with E-state index in [2.05, 4.69) is 85.5 Å². The van der Waals surface area contributed by atoms with Crippen molar-refractivity contribution in [2.75, 3.05) is 82.2 Å². The Morgan fingerprint density at radius 3 is 1.24 bits per heavy atom. The van der Waals surface area contributed by atoms with Gasteiger partial charge in [-0.3, -0.25) is 23.5 Å². The molecule has 9 rings (SSSR count). The zero-order valence-corrected chi connectivity index (χ0v) is 60.4. The fourth-order valence-corrected chi connectivity index (χ4v) is 12.0. The van der Waals surface area contributed by atoms with Crippen molar-refractivity contribution in [1.82, 2.24) is 29.3 Å². The number of halogens is 9. The van der Waals surface area contributed by atoms with Crippen molar-refractivity contribution in [3.8, 4) is 0 Å². The number of alkyl halides is 9. The van der Waals surface area contributed by atoms with Crippen LogP contribution in [0.25, 0.3) is 0 Å². The number of nitrogens with one attached hydrogen (secondary N) is 2. The lowest BCUT2D eigenvalue weighted by molar-refractivity contribution is -0.120. The van der Waals surface area contributed by atoms with Crippen LogP contribution in [0.5, 0.6) is 0 Å². The number of nitrogens with zero attached hydrogens (tertiary/aromatic N) is 5. The summed E-state index contributed by atoms with van der Waals surface area (Å²) >= 11 is 0. The predicted molar refractivity (Wildman–Crippen MR) is 359 cm³/mol. The number of anilines is 1. The number of para-hydroxylation sites is 1. The lowest BCUT2D eigenvalue weighted by Gasteiger charge is -2.32. The van der Waals surface area contributed by atoms with Gasteiger partial charge in [0.2, 0.25) is 0 Å². The number of ketones is 1. The lowest BCUT2D eigenvalue weighted by Crippen LogP contribution is -2.49. The smallest absolute Gasteiger partial charge is 0.405 e. The molecule has 40 heteroatoms. The van der Waals surface area contributed by atoms with Crippen molar-refractivity contribution in [1.29, 1.82) is 0 Å². The van der Waals surface area contributed by atoms with Crippen LogP contribution >= 0.6 is 37.6 Å². The molecule has 1 aromatic rings. The molecule has 8 aliphatic heterocycles. The molecule has 92 heavy (non-hydrogen) atoms. The Morgan fingerprint density at radius 1 is 0.554 bits per heavy atom. The highest BCUT2D eigenvalue weighted by Gasteiger charge is 2.64. The molecule has 0 aromatic heterocycles. The first kappa shape index (κ1) is 86.4. The van der Waals surface area contributed by atoms with E-state index < -0.39 is 70.1 Å². The van der Waals surface area contributed by atoms with Crippen LogP contribution in [0.3, 0.4) is 0 Å². The summed E-state index contributed by atoms with van der Waals surface area (Å²) in [5.74, 6) is 0.718. The number of hydrogen-bond donors (Lipinski definition) is 2. The van der Waals surface area contributed by atoms with Crippen LogP contribution < -0.4 is 14.3 Å². The number of sulfonamides is 2.